The number of fused-ring (bicyclic) bond motifs is 3. The Morgan fingerprint density at radius 2 is 1.57 bits per heavy atom. The fraction of sp³-hybridized carbons (Fsp3) is 0. The molecule has 2 heteroatoms. The molecule has 1 heterocycles. The second kappa shape index (κ2) is 5.47. The quantitative estimate of drug-likeness (QED) is 0.449. The van der Waals surface area contributed by atoms with Crippen molar-refractivity contribution in [3.63, 3.8) is 0 Å². The monoisotopic (exact) mass is 295 g/mol. The van der Waals surface area contributed by atoms with E-state index in [4.69, 9.17) is 9.68 Å². The molecule has 108 valence electrons. The first kappa shape index (κ1) is 13.4. The molecule has 0 radical (unpaired) electrons. The fourth-order valence-corrected chi connectivity index (χ4v) is 2.78. The van der Waals surface area contributed by atoms with E-state index in [0.717, 1.165) is 33.1 Å². The molecule has 0 aliphatic carbocycles. The molecular weight excluding hydrogens is 282 g/mol. The van der Waals surface area contributed by atoms with Gasteiger partial charge in [0.2, 0.25) is 0 Å². The lowest BCUT2D eigenvalue weighted by molar-refractivity contribution is 0.669. The minimum Gasteiger partial charge on any atom is -0.456 e. The zero-order valence-corrected chi connectivity index (χ0v) is 12.4. The van der Waals surface area contributed by atoms with E-state index in [9.17, 15) is 0 Å². The van der Waals surface area contributed by atoms with Crippen molar-refractivity contribution in [2.24, 2.45) is 0 Å². The van der Waals surface area contributed by atoms with Gasteiger partial charge in [0.1, 0.15) is 11.2 Å². The van der Waals surface area contributed by atoms with Gasteiger partial charge in [-0.2, -0.15) is 5.26 Å². The van der Waals surface area contributed by atoms with Crippen LogP contribution in [0.2, 0.25) is 0 Å². The lowest BCUT2D eigenvalue weighted by atomic mass is 10.1. The predicted octanol–water partition coefficient (Wildman–Crippen LogP) is 5.63. The number of para-hydroxylation sites is 1. The van der Waals surface area contributed by atoms with E-state index in [-0.39, 0.29) is 0 Å². The summed E-state index contributed by atoms with van der Waals surface area (Å²) in [5, 5.41) is 11.4. The van der Waals surface area contributed by atoms with Gasteiger partial charge in [-0.25, -0.2) is 0 Å². The second-order valence-corrected chi connectivity index (χ2v) is 5.39. The Bertz CT molecular complexity index is 1080. The molecule has 2 nitrogen and oxygen atoms in total. The topological polar surface area (TPSA) is 36.9 Å². The highest BCUT2D eigenvalue weighted by molar-refractivity contribution is 6.05. The van der Waals surface area contributed by atoms with Crippen LogP contribution in [0.5, 0.6) is 0 Å². The molecule has 0 saturated heterocycles. The molecule has 3 aromatic carbocycles. The maximum Gasteiger partial charge on any atom is 0.136 e. The lowest BCUT2D eigenvalue weighted by Gasteiger charge is -1.97. The third-order valence-electron chi connectivity index (χ3n) is 3.94. The van der Waals surface area contributed by atoms with Crippen LogP contribution in [-0.4, -0.2) is 0 Å². The van der Waals surface area contributed by atoms with E-state index < -0.39 is 0 Å². The number of rotatable bonds is 2. The highest BCUT2D eigenvalue weighted by Gasteiger charge is 2.05. The van der Waals surface area contributed by atoms with Crippen molar-refractivity contribution in [1.82, 2.24) is 0 Å². The molecule has 0 bridgehead atoms. The third-order valence-corrected chi connectivity index (χ3v) is 3.94. The highest BCUT2D eigenvalue weighted by Crippen LogP contribution is 2.29. The summed E-state index contributed by atoms with van der Waals surface area (Å²) in [7, 11) is 0. The summed E-state index contributed by atoms with van der Waals surface area (Å²) in [5.74, 6) is 0. The Hall–Kier alpha value is -3.31. The van der Waals surface area contributed by atoms with Crippen LogP contribution < -0.4 is 0 Å². The Morgan fingerprint density at radius 1 is 0.783 bits per heavy atom. The number of benzene rings is 3. The molecule has 0 saturated carbocycles. The molecule has 23 heavy (non-hydrogen) atoms. The first-order chi connectivity index (χ1) is 11.3. The molecule has 4 aromatic rings. The minimum atomic E-state index is 0.675. The third kappa shape index (κ3) is 2.39. The number of hydrogen-bond acceptors (Lipinski definition) is 2. The number of hydrogen-bond donors (Lipinski definition) is 0. The average molecular weight is 295 g/mol. The van der Waals surface area contributed by atoms with Gasteiger partial charge >= 0.3 is 0 Å². The summed E-state index contributed by atoms with van der Waals surface area (Å²) in [4.78, 5) is 0. The fourth-order valence-electron chi connectivity index (χ4n) is 2.78. The summed E-state index contributed by atoms with van der Waals surface area (Å²) in [6, 6.07) is 24.0. The number of nitrogens with zero attached hydrogens (tertiary/aromatic N) is 1. The van der Waals surface area contributed by atoms with E-state index >= 15 is 0 Å². The maximum absolute atomic E-state index is 9.14. The SMILES string of the molecule is N#Cc1ccccc1/C=C/c1ccc2c(c1)oc1ccccc12. The van der Waals surface area contributed by atoms with Crippen molar-refractivity contribution < 1.29 is 4.42 Å². The highest BCUT2D eigenvalue weighted by atomic mass is 16.3. The molecule has 0 amide bonds. The molecule has 0 fully saturated rings. The van der Waals surface area contributed by atoms with Gasteiger partial charge in [-0.05, 0) is 35.4 Å². The molecular formula is C21H13NO. The van der Waals surface area contributed by atoms with E-state index in [0.29, 0.717) is 5.56 Å². The molecule has 0 N–H and O–H groups in total. The zero-order chi connectivity index (χ0) is 15.6. The normalized spacial score (nSPS) is 11.3. The Morgan fingerprint density at radius 3 is 2.48 bits per heavy atom. The van der Waals surface area contributed by atoms with Crippen molar-refractivity contribution in [1.29, 1.82) is 5.26 Å². The Labute approximate surface area is 133 Å². The van der Waals surface area contributed by atoms with Gasteiger partial charge in [-0.3, -0.25) is 0 Å². The minimum absolute atomic E-state index is 0.675. The average Bonchev–Trinajstić information content (AvgIpc) is 2.98. The van der Waals surface area contributed by atoms with Gasteiger partial charge in [0, 0.05) is 10.8 Å². The number of nitriles is 1. The van der Waals surface area contributed by atoms with Crippen LogP contribution in [0.1, 0.15) is 16.7 Å². The molecule has 0 aliphatic rings. The zero-order valence-electron chi connectivity index (χ0n) is 12.4. The van der Waals surface area contributed by atoms with Crippen LogP contribution >= 0.6 is 0 Å². The van der Waals surface area contributed by atoms with Gasteiger partial charge in [0.25, 0.3) is 0 Å². The van der Waals surface area contributed by atoms with E-state index in [2.05, 4.69) is 24.3 Å². The van der Waals surface area contributed by atoms with Crippen LogP contribution in [0, 0.1) is 11.3 Å². The Balaban J connectivity index is 1.76. The first-order valence-electron chi connectivity index (χ1n) is 7.44. The molecule has 0 atom stereocenters. The molecule has 4 rings (SSSR count). The van der Waals surface area contributed by atoms with Gasteiger partial charge < -0.3 is 4.42 Å². The molecule has 0 unspecified atom stereocenters. The van der Waals surface area contributed by atoms with Crippen LogP contribution in [0.25, 0.3) is 34.1 Å². The van der Waals surface area contributed by atoms with E-state index in [1.807, 2.05) is 60.7 Å². The standard InChI is InChI=1S/C21H13NO/c22-14-17-6-2-1-5-16(17)11-9-15-10-12-19-18-7-3-4-8-20(18)23-21(19)13-15/h1-13H/b11-9+. The van der Waals surface area contributed by atoms with Crippen LogP contribution in [0.4, 0.5) is 0 Å². The summed E-state index contributed by atoms with van der Waals surface area (Å²) >= 11 is 0. The lowest BCUT2D eigenvalue weighted by Crippen LogP contribution is -1.80. The molecule has 0 spiro atoms. The van der Waals surface area contributed by atoms with Crippen molar-refractivity contribution in [2.75, 3.05) is 0 Å². The van der Waals surface area contributed by atoms with Gasteiger partial charge in [0.15, 0.2) is 0 Å². The summed E-state index contributed by atoms with van der Waals surface area (Å²) in [6.45, 7) is 0. The Kier molecular flexibility index (Phi) is 3.18. The summed E-state index contributed by atoms with van der Waals surface area (Å²) in [5.41, 5.74) is 4.41. The van der Waals surface area contributed by atoms with Crippen molar-refractivity contribution >= 4 is 34.1 Å². The van der Waals surface area contributed by atoms with Crippen molar-refractivity contribution in [2.45, 2.75) is 0 Å². The van der Waals surface area contributed by atoms with Gasteiger partial charge in [-0.1, -0.05) is 54.6 Å². The second-order valence-electron chi connectivity index (χ2n) is 5.39. The maximum atomic E-state index is 9.14. The first-order valence-corrected chi connectivity index (χ1v) is 7.44. The van der Waals surface area contributed by atoms with Crippen LogP contribution in [0.3, 0.4) is 0 Å². The van der Waals surface area contributed by atoms with Gasteiger partial charge in [0.05, 0.1) is 11.6 Å². The van der Waals surface area contributed by atoms with Crippen LogP contribution in [-0.2, 0) is 0 Å². The van der Waals surface area contributed by atoms with Crippen LogP contribution in [0.15, 0.2) is 71.1 Å². The summed E-state index contributed by atoms with van der Waals surface area (Å²) in [6.07, 6.45) is 3.96. The smallest absolute Gasteiger partial charge is 0.136 e. The number of furan rings is 1. The predicted molar refractivity (Wildman–Crippen MR) is 93.8 cm³/mol. The summed E-state index contributed by atoms with van der Waals surface area (Å²) < 4.78 is 5.90. The van der Waals surface area contributed by atoms with Crippen molar-refractivity contribution in [3.8, 4) is 6.07 Å². The molecule has 1 aromatic heterocycles. The molecule has 0 aliphatic heterocycles. The van der Waals surface area contributed by atoms with Gasteiger partial charge in [-0.15, -0.1) is 0 Å². The van der Waals surface area contributed by atoms with E-state index in [1.54, 1.807) is 0 Å². The van der Waals surface area contributed by atoms with Crippen molar-refractivity contribution in [3.05, 3.63) is 83.4 Å². The van der Waals surface area contributed by atoms with E-state index in [1.165, 1.54) is 0 Å². The largest absolute Gasteiger partial charge is 0.456 e.